The molecule has 0 aliphatic rings. The molecular weight excluding hydrogens is 286 g/mol. The second-order valence-electron chi connectivity index (χ2n) is 5.14. The highest BCUT2D eigenvalue weighted by atomic mass is 32.2. The summed E-state index contributed by atoms with van der Waals surface area (Å²) in [5, 5.41) is 2.98. The zero-order valence-corrected chi connectivity index (χ0v) is 13.4. The highest BCUT2D eigenvalue weighted by Gasteiger charge is 2.22. The van der Waals surface area contributed by atoms with Gasteiger partial charge in [-0.05, 0) is 25.6 Å². The van der Waals surface area contributed by atoms with Crippen LogP contribution in [0, 0.1) is 6.92 Å². The lowest BCUT2D eigenvalue weighted by molar-refractivity contribution is 0.467. The maximum Gasteiger partial charge on any atom is 0.244 e. The van der Waals surface area contributed by atoms with E-state index in [-0.39, 0.29) is 0 Å². The highest BCUT2D eigenvalue weighted by molar-refractivity contribution is 7.89. The fourth-order valence-corrected chi connectivity index (χ4v) is 3.25. The number of benzene rings is 1. The van der Waals surface area contributed by atoms with Crippen LogP contribution in [0.25, 0.3) is 0 Å². The molecular formula is C15H21N3O2S. The summed E-state index contributed by atoms with van der Waals surface area (Å²) in [5.41, 5.74) is 2.98. The van der Waals surface area contributed by atoms with Crippen LogP contribution in [0.1, 0.15) is 16.8 Å². The minimum Gasteiger partial charge on any atom is -0.363 e. The van der Waals surface area contributed by atoms with Gasteiger partial charge in [-0.3, -0.25) is 0 Å². The summed E-state index contributed by atoms with van der Waals surface area (Å²) in [6.07, 6.45) is 1.54. The van der Waals surface area contributed by atoms with Crippen molar-refractivity contribution >= 4 is 10.0 Å². The largest absolute Gasteiger partial charge is 0.363 e. The predicted octanol–water partition coefficient (Wildman–Crippen LogP) is 1.86. The van der Waals surface area contributed by atoms with Crippen LogP contribution in [0.3, 0.4) is 0 Å². The minimum atomic E-state index is -3.47. The number of H-pyrrole nitrogens is 1. The molecule has 0 saturated carbocycles. The van der Waals surface area contributed by atoms with Gasteiger partial charge in [0.2, 0.25) is 10.0 Å². The Hall–Kier alpha value is -1.63. The van der Waals surface area contributed by atoms with E-state index in [1.807, 2.05) is 38.2 Å². The number of hydrogen-bond acceptors (Lipinski definition) is 3. The Kier molecular flexibility index (Phi) is 4.82. The third kappa shape index (κ3) is 3.72. The maximum atomic E-state index is 12.5. The number of nitrogens with zero attached hydrogens (tertiary/aromatic N) is 1. The van der Waals surface area contributed by atoms with Crippen LogP contribution in [-0.4, -0.2) is 31.8 Å². The van der Waals surface area contributed by atoms with Crippen LogP contribution in [0.15, 0.2) is 41.4 Å². The van der Waals surface area contributed by atoms with Gasteiger partial charge in [0.1, 0.15) is 0 Å². The topological polar surface area (TPSA) is 65.2 Å². The molecule has 21 heavy (non-hydrogen) atoms. The van der Waals surface area contributed by atoms with Gasteiger partial charge in [-0.1, -0.05) is 29.8 Å². The summed E-state index contributed by atoms with van der Waals surface area (Å²) < 4.78 is 26.4. The Labute approximate surface area is 126 Å². The zero-order valence-electron chi connectivity index (χ0n) is 12.6. The van der Waals surface area contributed by atoms with E-state index >= 15 is 0 Å². The van der Waals surface area contributed by atoms with Crippen LogP contribution in [-0.2, 0) is 23.1 Å². The van der Waals surface area contributed by atoms with Gasteiger partial charge in [-0.2, -0.15) is 4.31 Å². The average Bonchev–Trinajstić information content (AvgIpc) is 2.91. The van der Waals surface area contributed by atoms with Gasteiger partial charge in [0.05, 0.1) is 4.90 Å². The first kappa shape index (κ1) is 15.8. The van der Waals surface area contributed by atoms with Crippen molar-refractivity contribution in [3.63, 3.8) is 0 Å². The number of sulfonamides is 1. The van der Waals surface area contributed by atoms with E-state index in [0.29, 0.717) is 18.0 Å². The molecule has 1 aromatic heterocycles. The summed E-state index contributed by atoms with van der Waals surface area (Å²) >= 11 is 0. The van der Waals surface area contributed by atoms with Gasteiger partial charge >= 0.3 is 0 Å². The van der Waals surface area contributed by atoms with E-state index in [9.17, 15) is 8.42 Å². The van der Waals surface area contributed by atoms with Crippen LogP contribution in [0.5, 0.6) is 0 Å². The molecule has 5 nitrogen and oxygen atoms in total. The Morgan fingerprint density at radius 3 is 2.52 bits per heavy atom. The van der Waals surface area contributed by atoms with Crippen molar-refractivity contribution in [1.82, 2.24) is 14.6 Å². The van der Waals surface area contributed by atoms with Gasteiger partial charge < -0.3 is 10.3 Å². The number of aromatic amines is 1. The zero-order chi connectivity index (χ0) is 15.5. The van der Waals surface area contributed by atoms with Crippen molar-refractivity contribution in [2.45, 2.75) is 24.9 Å². The molecule has 0 spiro atoms. The van der Waals surface area contributed by atoms with Crippen molar-refractivity contribution in [2.75, 3.05) is 14.1 Å². The lowest BCUT2D eigenvalue weighted by Gasteiger charge is -2.16. The van der Waals surface area contributed by atoms with Gasteiger partial charge in [0, 0.05) is 32.0 Å². The Balaban J connectivity index is 2.15. The van der Waals surface area contributed by atoms with Crippen molar-refractivity contribution in [3.8, 4) is 0 Å². The average molecular weight is 307 g/mol. The molecule has 2 rings (SSSR count). The van der Waals surface area contributed by atoms with Crippen LogP contribution >= 0.6 is 0 Å². The number of aromatic nitrogens is 1. The van der Waals surface area contributed by atoms with E-state index in [0.717, 1.165) is 16.8 Å². The highest BCUT2D eigenvalue weighted by Crippen LogP contribution is 2.18. The third-order valence-electron chi connectivity index (χ3n) is 3.32. The second-order valence-corrected chi connectivity index (χ2v) is 7.18. The minimum absolute atomic E-state index is 0.294. The van der Waals surface area contributed by atoms with E-state index in [2.05, 4.69) is 10.3 Å². The molecule has 0 amide bonds. The molecule has 2 aromatic rings. The van der Waals surface area contributed by atoms with E-state index in [1.54, 1.807) is 13.1 Å². The Morgan fingerprint density at radius 2 is 1.90 bits per heavy atom. The molecule has 0 radical (unpaired) electrons. The maximum absolute atomic E-state index is 12.5. The van der Waals surface area contributed by atoms with E-state index in [1.165, 1.54) is 10.5 Å². The molecule has 0 unspecified atom stereocenters. The van der Waals surface area contributed by atoms with E-state index in [4.69, 9.17) is 0 Å². The molecule has 114 valence electrons. The summed E-state index contributed by atoms with van der Waals surface area (Å²) in [7, 11) is -0.0553. The number of nitrogens with one attached hydrogen (secondary N) is 2. The van der Waals surface area contributed by atoms with Crippen LogP contribution in [0.4, 0.5) is 0 Å². The number of rotatable bonds is 6. The first-order valence-corrected chi connectivity index (χ1v) is 8.21. The molecule has 1 aromatic carbocycles. The monoisotopic (exact) mass is 307 g/mol. The number of hydrogen-bond donors (Lipinski definition) is 2. The van der Waals surface area contributed by atoms with Gasteiger partial charge in [-0.15, -0.1) is 0 Å². The molecule has 0 aliphatic carbocycles. The molecule has 2 N–H and O–H groups in total. The summed E-state index contributed by atoms with van der Waals surface area (Å²) in [6, 6.07) is 9.53. The smallest absolute Gasteiger partial charge is 0.244 e. The van der Waals surface area contributed by atoms with Crippen molar-refractivity contribution in [1.29, 1.82) is 0 Å². The molecule has 6 heteroatoms. The SMILES string of the molecule is CNCc1cc(S(=O)(=O)N(C)Cc2ccc(C)cc2)c[nH]1. The third-order valence-corrected chi connectivity index (χ3v) is 5.10. The first-order valence-electron chi connectivity index (χ1n) is 6.77. The van der Waals surface area contributed by atoms with E-state index < -0.39 is 10.0 Å². The molecule has 0 bridgehead atoms. The molecule has 1 heterocycles. The lowest BCUT2D eigenvalue weighted by atomic mass is 10.1. The molecule has 0 saturated heterocycles. The van der Waals surface area contributed by atoms with Gasteiger partial charge in [0.25, 0.3) is 0 Å². The predicted molar refractivity (Wildman–Crippen MR) is 83.4 cm³/mol. The summed E-state index contributed by atoms with van der Waals surface area (Å²) in [5.74, 6) is 0. The van der Waals surface area contributed by atoms with Crippen molar-refractivity contribution < 1.29 is 8.42 Å². The second kappa shape index (κ2) is 6.43. The number of aryl methyl sites for hydroxylation is 1. The van der Waals surface area contributed by atoms with Crippen LogP contribution in [0.2, 0.25) is 0 Å². The van der Waals surface area contributed by atoms with Gasteiger partial charge in [-0.25, -0.2) is 8.42 Å². The Bertz CT molecular complexity index is 690. The Morgan fingerprint density at radius 1 is 1.24 bits per heavy atom. The summed E-state index contributed by atoms with van der Waals surface area (Å²) in [6.45, 7) is 2.97. The molecule has 0 aliphatic heterocycles. The quantitative estimate of drug-likeness (QED) is 0.856. The fourth-order valence-electron chi connectivity index (χ4n) is 2.08. The van der Waals surface area contributed by atoms with Crippen molar-refractivity contribution in [3.05, 3.63) is 53.3 Å². The normalized spacial score (nSPS) is 12.0. The van der Waals surface area contributed by atoms with Crippen LogP contribution < -0.4 is 5.32 Å². The summed E-state index contributed by atoms with van der Waals surface area (Å²) in [4.78, 5) is 3.26. The standard InChI is InChI=1S/C15H21N3O2S/c1-12-4-6-13(7-5-12)11-18(3)21(19,20)15-8-14(9-16-2)17-10-15/h4-8,10,16-17H,9,11H2,1-3H3. The molecule has 0 fully saturated rings. The lowest BCUT2D eigenvalue weighted by Crippen LogP contribution is -2.26. The molecule has 0 atom stereocenters. The fraction of sp³-hybridized carbons (Fsp3) is 0.333. The van der Waals surface area contributed by atoms with Gasteiger partial charge in [0.15, 0.2) is 0 Å². The van der Waals surface area contributed by atoms with Crippen molar-refractivity contribution in [2.24, 2.45) is 0 Å². The first-order chi connectivity index (χ1) is 9.93.